The molecule has 0 aliphatic rings. The number of hydrogen-bond donors (Lipinski definition) is 3. The molecule has 6 nitrogen and oxygen atoms in total. The molecular formula is C17H15N3O3. The van der Waals surface area contributed by atoms with Gasteiger partial charge in [-0.2, -0.15) is 5.10 Å². The predicted molar refractivity (Wildman–Crippen MR) is 88.0 cm³/mol. The molecule has 0 unspecified atom stereocenters. The first kappa shape index (κ1) is 14.6. The highest BCUT2D eigenvalue weighted by Crippen LogP contribution is 2.22. The number of phenols is 1. The van der Waals surface area contributed by atoms with E-state index in [1.807, 2.05) is 18.2 Å². The van der Waals surface area contributed by atoms with Gasteiger partial charge in [-0.1, -0.05) is 12.1 Å². The number of carbonyl (C=O) groups excluding carboxylic acids is 1. The number of aromatic amines is 1. The van der Waals surface area contributed by atoms with Crippen LogP contribution in [-0.2, 0) is 0 Å². The first-order valence-corrected chi connectivity index (χ1v) is 6.95. The molecule has 0 fully saturated rings. The molecule has 2 aromatic carbocycles. The SMILES string of the molecule is COc1ccc2c(/C=N\NC(=O)c3ccccc3O)c[nH]c2c1. The van der Waals surface area contributed by atoms with Crippen LogP contribution < -0.4 is 10.2 Å². The number of benzene rings is 2. The van der Waals surface area contributed by atoms with E-state index in [1.54, 1.807) is 31.7 Å². The van der Waals surface area contributed by atoms with Crippen LogP contribution in [0.3, 0.4) is 0 Å². The van der Waals surface area contributed by atoms with Gasteiger partial charge < -0.3 is 14.8 Å². The standard InChI is InChI=1S/C17H15N3O3/c1-23-12-6-7-13-11(9-18-15(13)8-12)10-19-20-17(22)14-4-2-3-5-16(14)21/h2-10,18,21H,1H3,(H,20,22)/b19-10-. The molecule has 3 rings (SSSR count). The third-order valence-electron chi connectivity index (χ3n) is 3.44. The molecule has 3 aromatic rings. The van der Waals surface area contributed by atoms with Crippen molar-refractivity contribution in [1.29, 1.82) is 0 Å². The molecule has 23 heavy (non-hydrogen) atoms. The van der Waals surface area contributed by atoms with Crippen molar-refractivity contribution >= 4 is 23.0 Å². The molecule has 6 heteroatoms. The summed E-state index contributed by atoms with van der Waals surface area (Å²) in [5, 5.41) is 14.5. The summed E-state index contributed by atoms with van der Waals surface area (Å²) in [7, 11) is 1.61. The molecule has 116 valence electrons. The second kappa shape index (κ2) is 6.23. The zero-order chi connectivity index (χ0) is 16.2. The lowest BCUT2D eigenvalue weighted by molar-refractivity contribution is 0.0952. The average molecular weight is 309 g/mol. The van der Waals surface area contributed by atoms with Crippen LogP contribution in [0.2, 0.25) is 0 Å². The first-order valence-electron chi connectivity index (χ1n) is 6.95. The molecule has 0 saturated carbocycles. The Morgan fingerprint density at radius 3 is 2.91 bits per heavy atom. The van der Waals surface area contributed by atoms with E-state index in [9.17, 15) is 9.90 Å². The van der Waals surface area contributed by atoms with Crippen LogP contribution >= 0.6 is 0 Å². The van der Waals surface area contributed by atoms with Gasteiger partial charge in [-0.05, 0) is 24.3 Å². The number of methoxy groups -OCH3 is 1. The molecule has 0 atom stereocenters. The van der Waals surface area contributed by atoms with Crippen molar-refractivity contribution in [3.63, 3.8) is 0 Å². The van der Waals surface area contributed by atoms with Crippen LogP contribution in [0, 0.1) is 0 Å². The number of ether oxygens (including phenoxy) is 1. The summed E-state index contributed by atoms with van der Waals surface area (Å²) in [6.45, 7) is 0. The van der Waals surface area contributed by atoms with Crippen LogP contribution in [0.1, 0.15) is 15.9 Å². The minimum Gasteiger partial charge on any atom is -0.507 e. The maximum atomic E-state index is 11.9. The van der Waals surface area contributed by atoms with Gasteiger partial charge in [0.05, 0.1) is 18.9 Å². The quantitative estimate of drug-likeness (QED) is 0.511. The number of aromatic hydroxyl groups is 1. The fraction of sp³-hybridized carbons (Fsp3) is 0.0588. The average Bonchev–Trinajstić information content (AvgIpc) is 2.97. The van der Waals surface area contributed by atoms with Crippen molar-refractivity contribution in [3.8, 4) is 11.5 Å². The summed E-state index contributed by atoms with van der Waals surface area (Å²) in [6, 6.07) is 11.9. The zero-order valence-electron chi connectivity index (χ0n) is 12.4. The number of phenolic OH excluding ortho intramolecular Hbond substituents is 1. The number of amides is 1. The van der Waals surface area contributed by atoms with Crippen molar-refractivity contribution in [2.24, 2.45) is 5.10 Å². The molecule has 1 heterocycles. The third kappa shape index (κ3) is 3.01. The van der Waals surface area contributed by atoms with Gasteiger partial charge in [0.25, 0.3) is 5.91 Å². The molecule has 0 radical (unpaired) electrons. The summed E-state index contributed by atoms with van der Waals surface area (Å²) in [5.74, 6) is 0.205. The summed E-state index contributed by atoms with van der Waals surface area (Å²) >= 11 is 0. The van der Waals surface area contributed by atoms with E-state index in [2.05, 4.69) is 15.5 Å². The lowest BCUT2D eigenvalue weighted by atomic mass is 10.2. The molecule has 0 saturated heterocycles. The van der Waals surface area contributed by atoms with Crippen LogP contribution in [0.5, 0.6) is 11.5 Å². The van der Waals surface area contributed by atoms with Crippen molar-refractivity contribution in [3.05, 3.63) is 59.8 Å². The van der Waals surface area contributed by atoms with Crippen molar-refractivity contribution in [1.82, 2.24) is 10.4 Å². The van der Waals surface area contributed by atoms with E-state index in [1.165, 1.54) is 12.1 Å². The van der Waals surface area contributed by atoms with Gasteiger partial charge in [-0.15, -0.1) is 0 Å². The van der Waals surface area contributed by atoms with Crippen LogP contribution in [-0.4, -0.2) is 29.3 Å². The number of aromatic nitrogens is 1. The van der Waals surface area contributed by atoms with Crippen molar-refractivity contribution < 1.29 is 14.6 Å². The van der Waals surface area contributed by atoms with Gasteiger partial charge in [-0.25, -0.2) is 5.43 Å². The van der Waals surface area contributed by atoms with E-state index >= 15 is 0 Å². The van der Waals surface area contributed by atoms with Gasteiger partial charge in [0, 0.05) is 28.7 Å². The lowest BCUT2D eigenvalue weighted by Gasteiger charge is -2.01. The van der Waals surface area contributed by atoms with Crippen LogP contribution in [0.15, 0.2) is 53.8 Å². The summed E-state index contributed by atoms with van der Waals surface area (Å²) < 4.78 is 5.17. The Labute approximate surface area is 132 Å². The Morgan fingerprint density at radius 2 is 2.13 bits per heavy atom. The highest BCUT2D eigenvalue weighted by atomic mass is 16.5. The van der Waals surface area contributed by atoms with Crippen LogP contribution in [0.4, 0.5) is 0 Å². The second-order valence-corrected chi connectivity index (χ2v) is 4.87. The fourth-order valence-corrected chi connectivity index (χ4v) is 2.25. The Balaban J connectivity index is 1.76. The maximum absolute atomic E-state index is 11.9. The Kier molecular flexibility index (Phi) is 3.97. The summed E-state index contributed by atoms with van der Waals surface area (Å²) in [4.78, 5) is 15.0. The predicted octanol–water partition coefficient (Wildman–Crippen LogP) is 2.65. The topological polar surface area (TPSA) is 86.7 Å². The number of fused-ring (bicyclic) bond motifs is 1. The maximum Gasteiger partial charge on any atom is 0.275 e. The monoisotopic (exact) mass is 309 g/mol. The van der Waals surface area contributed by atoms with Crippen molar-refractivity contribution in [2.75, 3.05) is 7.11 Å². The van der Waals surface area contributed by atoms with Crippen LogP contribution in [0.25, 0.3) is 10.9 Å². The molecule has 0 spiro atoms. The smallest absolute Gasteiger partial charge is 0.275 e. The van der Waals surface area contributed by atoms with Gasteiger partial charge in [-0.3, -0.25) is 4.79 Å². The van der Waals surface area contributed by atoms with E-state index in [-0.39, 0.29) is 11.3 Å². The van der Waals surface area contributed by atoms with Gasteiger partial charge >= 0.3 is 0 Å². The summed E-state index contributed by atoms with van der Waals surface area (Å²) in [5.41, 5.74) is 4.32. The van der Waals surface area contributed by atoms with Crippen molar-refractivity contribution in [2.45, 2.75) is 0 Å². The van der Waals surface area contributed by atoms with E-state index in [0.29, 0.717) is 0 Å². The van der Waals surface area contributed by atoms with E-state index in [4.69, 9.17) is 4.74 Å². The Hall–Kier alpha value is -3.28. The number of rotatable bonds is 4. The molecule has 1 aromatic heterocycles. The highest BCUT2D eigenvalue weighted by molar-refractivity contribution is 6.01. The minimum atomic E-state index is -0.471. The van der Waals surface area contributed by atoms with E-state index in [0.717, 1.165) is 22.2 Å². The normalized spacial score (nSPS) is 11.0. The fourth-order valence-electron chi connectivity index (χ4n) is 2.25. The molecular weight excluding hydrogens is 294 g/mol. The number of para-hydroxylation sites is 1. The number of nitrogens with zero attached hydrogens (tertiary/aromatic N) is 1. The molecule has 3 N–H and O–H groups in total. The Bertz CT molecular complexity index is 884. The first-order chi connectivity index (χ1) is 11.2. The molecule has 0 aliphatic heterocycles. The number of H-pyrrole nitrogens is 1. The van der Waals surface area contributed by atoms with Gasteiger partial charge in [0.2, 0.25) is 0 Å². The van der Waals surface area contributed by atoms with Gasteiger partial charge in [0.15, 0.2) is 0 Å². The lowest BCUT2D eigenvalue weighted by Crippen LogP contribution is -2.17. The number of hydrazone groups is 1. The highest BCUT2D eigenvalue weighted by Gasteiger charge is 2.09. The summed E-state index contributed by atoms with van der Waals surface area (Å²) in [6.07, 6.45) is 3.34. The Morgan fingerprint density at radius 1 is 1.30 bits per heavy atom. The molecule has 1 amide bonds. The zero-order valence-corrected chi connectivity index (χ0v) is 12.4. The second-order valence-electron chi connectivity index (χ2n) is 4.87. The number of nitrogens with one attached hydrogen (secondary N) is 2. The number of hydrogen-bond acceptors (Lipinski definition) is 4. The van der Waals surface area contributed by atoms with Gasteiger partial charge in [0.1, 0.15) is 11.5 Å². The minimum absolute atomic E-state index is 0.0839. The number of carbonyl (C=O) groups is 1. The van der Waals surface area contributed by atoms with E-state index < -0.39 is 5.91 Å². The third-order valence-corrected chi connectivity index (χ3v) is 3.44. The molecule has 0 bridgehead atoms. The molecule has 0 aliphatic carbocycles. The largest absolute Gasteiger partial charge is 0.507 e.